The first-order chi connectivity index (χ1) is 5.11. The largest absolute Gasteiger partial charge is 0.321 e. The highest BCUT2D eigenvalue weighted by atomic mass is 32.1. The zero-order chi connectivity index (χ0) is 8.43. The lowest BCUT2D eigenvalue weighted by molar-refractivity contribution is 0.0972. The van der Waals surface area contributed by atoms with E-state index < -0.39 is 6.04 Å². The third-order valence-electron chi connectivity index (χ3n) is 1.28. The molecule has 1 rings (SSSR count). The molecule has 0 bridgehead atoms. The van der Waals surface area contributed by atoms with Crippen LogP contribution in [0.4, 0.5) is 0 Å². The number of hydrogen-bond acceptors (Lipinski definition) is 4. The van der Waals surface area contributed by atoms with Crippen molar-refractivity contribution in [1.82, 2.24) is 4.37 Å². The van der Waals surface area contributed by atoms with Crippen LogP contribution in [-0.2, 0) is 0 Å². The molecule has 0 aromatic carbocycles. The van der Waals surface area contributed by atoms with E-state index in [0.29, 0.717) is 4.88 Å². The molecule has 1 aromatic rings. The molecule has 0 aliphatic carbocycles. The summed E-state index contributed by atoms with van der Waals surface area (Å²) < 4.78 is 3.99. The monoisotopic (exact) mass is 170 g/mol. The minimum atomic E-state index is -0.421. The molecule has 11 heavy (non-hydrogen) atoms. The lowest BCUT2D eigenvalue weighted by Gasteiger charge is -1.98. The van der Waals surface area contributed by atoms with Crippen LogP contribution in [0.2, 0.25) is 0 Å². The highest BCUT2D eigenvalue weighted by Gasteiger charge is 2.12. The van der Waals surface area contributed by atoms with Gasteiger partial charge in [-0.3, -0.25) is 4.79 Å². The van der Waals surface area contributed by atoms with Gasteiger partial charge in [0.2, 0.25) is 0 Å². The minimum Gasteiger partial charge on any atom is -0.321 e. The van der Waals surface area contributed by atoms with E-state index in [4.69, 9.17) is 5.73 Å². The van der Waals surface area contributed by atoms with Crippen LogP contribution in [0.3, 0.4) is 0 Å². The van der Waals surface area contributed by atoms with Crippen LogP contribution in [0.1, 0.15) is 22.3 Å². The first-order valence-electron chi connectivity index (χ1n) is 3.34. The highest BCUT2D eigenvalue weighted by Crippen LogP contribution is 2.10. The van der Waals surface area contributed by atoms with Gasteiger partial charge in [-0.25, -0.2) is 0 Å². The molecule has 0 aliphatic rings. The topological polar surface area (TPSA) is 56.0 Å². The Morgan fingerprint density at radius 1 is 1.82 bits per heavy atom. The third-order valence-corrected chi connectivity index (χ3v) is 2.18. The number of nitrogens with two attached hydrogens (primary N) is 1. The van der Waals surface area contributed by atoms with Gasteiger partial charge in [-0.1, -0.05) is 0 Å². The van der Waals surface area contributed by atoms with Gasteiger partial charge in [-0.05, 0) is 31.4 Å². The maximum atomic E-state index is 11.2. The average molecular weight is 170 g/mol. The molecule has 0 unspecified atom stereocenters. The number of Topliss-reactive ketones (excluding diaryl/α,β-unsaturated/α-hetero) is 1. The Bertz CT molecular complexity index is 267. The van der Waals surface area contributed by atoms with Gasteiger partial charge in [0, 0.05) is 0 Å². The Hall–Kier alpha value is -0.740. The Morgan fingerprint density at radius 3 is 2.82 bits per heavy atom. The van der Waals surface area contributed by atoms with Crippen molar-refractivity contribution in [2.45, 2.75) is 19.9 Å². The lowest BCUT2D eigenvalue weighted by Crippen LogP contribution is -2.25. The molecule has 60 valence electrons. The summed E-state index contributed by atoms with van der Waals surface area (Å²) in [6.45, 7) is 3.53. The summed E-state index contributed by atoms with van der Waals surface area (Å²) in [6, 6.07) is 1.34. The summed E-state index contributed by atoms with van der Waals surface area (Å²) in [6.07, 6.45) is 0. The van der Waals surface area contributed by atoms with E-state index in [2.05, 4.69) is 4.37 Å². The van der Waals surface area contributed by atoms with Crippen molar-refractivity contribution in [3.63, 3.8) is 0 Å². The Balaban J connectivity index is 2.85. The second kappa shape index (κ2) is 3.11. The van der Waals surface area contributed by atoms with Crippen LogP contribution < -0.4 is 5.73 Å². The smallest absolute Gasteiger partial charge is 0.190 e. The Labute approximate surface area is 69.4 Å². The summed E-state index contributed by atoms with van der Waals surface area (Å²) in [5.41, 5.74) is 6.28. The molecule has 0 radical (unpaired) electrons. The van der Waals surface area contributed by atoms with Crippen LogP contribution in [0.5, 0.6) is 0 Å². The molecule has 2 N–H and O–H groups in total. The van der Waals surface area contributed by atoms with E-state index in [0.717, 1.165) is 5.69 Å². The zero-order valence-electron chi connectivity index (χ0n) is 6.50. The number of carbonyl (C=O) groups is 1. The molecular formula is C7H10N2OS. The van der Waals surface area contributed by atoms with Crippen LogP contribution >= 0.6 is 11.5 Å². The molecule has 0 saturated carbocycles. The van der Waals surface area contributed by atoms with E-state index in [-0.39, 0.29) is 5.78 Å². The number of aryl methyl sites for hydroxylation is 1. The molecular weight excluding hydrogens is 160 g/mol. The summed E-state index contributed by atoms with van der Waals surface area (Å²) in [5, 5.41) is 0. The molecule has 0 saturated heterocycles. The van der Waals surface area contributed by atoms with Gasteiger partial charge in [-0.2, -0.15) is 4.37 Å². The van der Waals surface area contributed by atoms with E-state index in [1.54, 1.807) is 13.0 Å². The maximum absolute atomic E-state index is 11.2. The summed E-state index contributed by atoms with van der Waals surface area (Å²) in [5.74, 6) is -0.0319. The molecule has 1 atom stereocenters. The van der Waals surface area contributed by atoms with Crippen molar-refractivity contribution in [1.29, 1.82) is 0 Å². The zero-order valence-corrected chi connectivity index (χ0v) is 7.31. The first kappa shape index (κ1) is 8.36. The fourth-order valence-electron chi connectivity index (χ4n) is 0.704. The molecule has 1 heterocycles. The number of carbonyl (C=O) groups excluding carboxylic acids is 1. The van der Waals surface area contributed by atoms with Crippen molar-refractivity contribution in [3.8, 4) is 0 Å². The standard InChI is InChI=1S/C7H10N2OS/c1-4-3-6(11-9-4)7(10)5(2)8/h3,5H,8H2,1-2H3/t5-/m1/s1. The van der Waals surface area contributed by atoms with E-state index in [9.17, 15) is 4.79 Å². The van der Waals surface area contributed by atoms with Gasteiger partial charge < -0.3 is 5.73 Å². The van der Waals surface area contributed by atoms with Crippen molar-refractivity contribution >= 4 is 17.3 Å². The number of rotatable bonds is 2. The number of aromatic nitrogens is 1. The third kappa shape index (κ3) is 1.85. The maximum Gasteiger partial charge on any atom is 0.190 e. The molecule has 3 nitrogen and oxygen atoms in total. The molecule has 1 aromatic heterocycles. The summed E-state index contributed by atoms with van der Waals surface area (Å²) in [4.78, 5) is 11.9. The lowest BCUT2D eigenvalue weighted by atomic mass is 10.2. The number of ketones is 1. The predicted molar refractivity (Wildman–Crippen MR) is 44.8 cm³/mol. The normalized spacial score (nSPS) is 13.0. The quantitative estimate of drug-likeness (QED) is 0.673. The van der Waals surface area contributed by atoms with Crippen molar-refractivity contribution < 1.29 is 4.79 Å². The minimum absolute atomic E-state index is 0.0319. The van der Waals surface area contributed by atoms with Gasteiger partial charge in [-0.15, -0.1) is 0 Å². The summed E-state index contributed by atoms with van der Waals surface area (Å²) >= 11 is 1.21. The highest BCUT2D eigenvalue weighted by molar-refractivity contribution is 7.08. The Morgan fingerprint density at radius 2 is 2.45 bits per heavy atom. The number of hydrogen-bond donors (Lipinski definition) is 1. The summed E-state index contributed by atoms with van der Waals surface area (Å²) in [7, 11) is 0. The first-order valence-corrected chi connectivity index (χ1v) is 4.11. The van der Waals surface area contributed by atoms with Crippen LogP contribution in [0.25, 0.3) is 0 Å². The second-order valence-corrected chi connectivity index (χ2v) is 3.29. The van der Waals surface area contributed by atoms with Gasteiger partial charge in [0.15, 0.2) is 5.78 Å². The van der Waals surface area contributed by atoms with Crippen molar-refractivity contribution in [2.75, 3.05) is 0 Å². The molecule has 0 aliphatic heterocycles. The van der Waals surface area contributed by atoms with E-state index in [1.807, 2.05) is 6.92 Å². The van der Waals surface area contributed by atoms with Gasteiger partial charge >= 0.3 is 0 Å². The second-order valence-electron chi connectivity index (χ2n) is 2.49. The van der Waals surface area contributed by atoms with Gasteiger partial charge in [0.05, 0.1) is 16.6 Å². The van der Waals surface area contributed by atoms with Crippen LogP contribution in [-0.4, -0.2) is 16.2 Å². The average Bonchev–Trinajstić information content (AvgIpc) is 2.34. The molecule has 0 amide bonds. The van der Waals surface area contributed by atoms with Crippen molar-refractivity contribution in [3.05, 3.63) is 16.6 Å². The number of nitrogens with zero attached hydrogens (tertiary/aromatic N) is 1. The van der Waals surface area contributed by atoms with Gasteiger partial charge in [0.1, 0.15) is 0 Å². The molecule has 0 spiro atoms. The van der Waals surface area contributed by atoms with E-state index in [1.165, 1.54) is 11.5 Å². The van der Waals surface area contributed by atoms with Crippen LogP contribution in [0.15, 0.2) is 6.07 Å². The SMILES string of the molecule is Cc1cc(C(=O)[C@@H](C)N)sn1. The molecule has 0 fully saturated rings. The fourth-order valence-corrected chi connectivity index (χ4v) is 1.50. The fraction of sp³-hybridized carbons (Fsp3) is 0.429. The van der Waals surface area contributed by atoms with Crippen LogP contribution in [0, 0.1) is 6.92 Å². The van der Waals surface area contributed by atoms with E-state index >= 15 is 0 Å². The Kier molecular flexibility index (Phi) is 2.36. The molecule has 4 heteroatoms. The van der Waals surface area contributed by atoms with Crippen molar-refractivity contribution in [2.24, 2.45) is 5.73 Å². The predicted octanol–water partition coefficient (Wildman–Crippen LogP) is 0.981. The van der Waals surface area contributed by atoms with Gasteiger partial charge in [0.25, 0.3) is 0 Å².